The number of hydrogen-bond donors (Lipinski definition) is 13. The number of imidazole rings is 1. The molecule has 24 nitrogen and oxygen atoms in total. The minimum atomic E-state index is -1.59. The van der Waals surface area contributed by atoms with Crippen molar-refractivity contribution in [2.24, 2.45) is 22.2 Å². The fourth-order valence-electron chi connectivity index (χ4n) is 9.25. The Morgan fingerprint density at radius 1 is 0.713 bits per heavy atom. The molecule has 0 radical (unpaired) electrons. The molecule has 0 unspecified atom stereocenters. The summed E-state index contributed by atoms with van der Waals surface area (Å²) in [5.41, 5.74) is 21.3. The highest BCUT2D eigenvalue weighted by Gasteiger charge is 2.35. The van der Waals surface area contributed by atoms with E-state index in [0.717, 1.165) is 22.0 Å². The molecule has 0 saturated carbocycles. The number of nitrogens with two attached hydrogens (primary N) is 3. The van der Waals surface area contributed by atoms with Gasteiger partial charge in [-0.15, -0.1) is 0 Å². The summed E-state index contributed by atoms with van der Waals surface area (Å²) >= 11 is 0. The number of nitrogens with zero attached hydrogens (tertiary/aromatic N) is 2. The molecule has 3 aromatic carbocycles. The molecule has 0 aliphatic carbocycles. The normalized spacial score (nSPS) is 20.6. The van der Waals surface area contributed by atoms with Crippen LogP contribution in [0, 0.1) is 0 Å². The molecule has 24 heteroatoms. The van der Waals surface area contributed by atoms with Gasteiger partial charge in [0.25, 0.3) is 0 Å². The summed E-state index contributed by atoms with van der Waals surface area (Å²) in [5.74, 6) is -7.15. The van der Waals surface area contributed by atoms with Gasteiger partial charge in [0.15, 0.2) is 5.96 Å². The molecule has 6 rings (SSSR count). The lowest BCUT2D eigenvalue weighted by atomic mass is 9.99. The second kappa shape index (κ2) is 30.2. The van der Waals surface area contributed by atoms with Gasteiger partial charge in [-0.3, -0.25) is 48.1 Å². The van der Waals surface area contributed by atoms with Gasteiger partial charge in [0, 0.05) is 68.3 Å². The Kier molecular flexibility index (Phi) is 22.7. The van der Waals surface area contributed by atoms with Crippen molar-refractivity contribution in [3.8, 4) is 11.1 Å². The zero-order valence-corrected chi connectivity index (χ0v) is 45.0. The molecular formula is C56H73N15O9. The molecule has 1 saturated heterocycles. The molecule has 5 aromatic rings. The molecule has 80 heavy (non-hydrogen) atoms. The molecule has 9 amide bonds. The molecule has 16 N–H and O–H groups in total. The number of aliphatic imine (C=N–C) groups is 1. The third-order valence-electron chi connectivity index (χ3n) is 13.5. The summed E-state index contributed by atoms with van der Waals surface area (Å²) in [6, 6.07) is 14.7. The van der Waals surface area contributed by atoms with E-state index < -0.39 is 102 Å². The minimum Gasteiger partial charge on any atom is -0.370 e. The Hall–Kier alpha value is -9.09. The number of hydrogen-bond acceptors (Lipinski definition) is 11. The smallest absolute Gasteiger partial charge is 0.243 e. The molecule has 1 aliphatic rings. The number of nitrogens with one attached hydrogen (secondary N) is 10. The van der Waals surface area contributed by atoms with Crippen LogP contribution in [0.15, 0.2) is 103 Å². The van der Waals surface area contributed by atoms with Crippen LogP contribution in [0.2, 0.25) is 0 Å². The van der Waals surface area contributed by atoms with E-state index in [2.05, 4.69) is 62.5 Å². The maximum absolute atomic E-state index is 15.0. The van der Waals surface area contributed by atoms with Crippen molar-refractivity contribution in [3.63, 3.8) is 0 Å². The molecular weight excluding hydrogens is 1030 g/mol. The minimum absolute atomic E-state index is 0.0344. The topological polar surface area (TPSA) is 385 Å². The van der Waals surface area contributed by atoms with E-state index >= 15 is 0 Å². The highest BCUT2D eigenvalue weighted by molar-refractivity contribution is 5.99. The molecule has 0 bridgehead atoms. The van der Waals surface area contributed by atoms with Crippen LogP contribution in [-0.2, 0) is 62.4 Å². The van der Waals surface area contributed by atoms with Gasteiger partial charge in [0.2, 0.25) is 53.2 Å². The van der Waals surface area contributed by atoms with Gasteiger partial charge in [-0.05, 0) is 66.8 Å². The van der Waals surface area contributed by atoms with Crippen LogP contribution < -0.4 is 59.7 Å². The van der Waals surface area contributed by atoms with Crippen LogP contribution in [0.4, 0.5) is 0 Å². The number of amides is 9. The van der Waals surface area contributed by atoms with Crippen molar-refractivity contribution < 1.29 is 43.2 Å². The Morgan fingerprint density at radius 3 is 2.02 bits per heavy atom. The van der Waals surface area contributed by atoms with Crippen molar-refractivity contribution in [1.82, 2.24) is 57.5 Å². The predicted octanol–water partition coefficient (Wildman–Crippen LogP) is 0.419. The van der Waals surface area contributed by atoms with Crippen LogP contribution in [0.1, 0.15) is 88.5 Å². The highest BCUT2D eigenvalue weighted by Crippen LogP contribution is 2.22. The second-order valence-electron chi connectivity index (χ2n) is 19.8. The van der Waals surface area contributed by atoms with Gasteiger partial charge in [-0.1, -0.05) is 92.6 Å². The lowest BCUT2D eigenvalue weighted by molar-refractivity contribution is -0.136. The largest absolute Gasteiger partial charge is 0.370 e. The van der Waals surface area contributed by atoms with Crippen LogP contribution in [0.3, 0.4) is 0 Å². The fraction of sp³-hybridized carbons (Fsp3) is 0.411. The summed E-state index contributed by atoms with van der Waals surface area (Å²) < 4.78 is 0. The average Bonchev–Trinajstić information content (AvgIpc) is 4.14. The van der Waals surface area contributed by atoms with Gasteiger partial charge in [0.1, 0.15) is 42.3 Å². The number of fused-ring (bicyclic) bond motifs is 1. The molecule has 426 valence electrons. The molecule has 1 fully saturated rings. The third kappa shape index (κ3) is 18.5. The monoisotopic (exact) mass is 1100 g/mol. The maximum Gasteiger partial charge on any atom is 0.243 e. The van der Waals surface area contributed by atoms with Gasteiger partial charge in [-0.2, -0.15) is 0 Å². The lowest BCUT2D eigenvalue weighted by Gasteiger charge is -2.28. The molecule has 1 aliphatic heterocycles. The number of benzene rings is 3. The second-order valence-corrected chi connectivity index (χ2v) is 19.8. The van der Waals surface area contributed by atoms with Gasteiger partial charge >= 0.3 is 0 Å². The quantitative estimate of drug-likeness (QED) is 0.0323. The first-order valence-electron chi connectivity index (χ1n) is 26.8. The van der Waals surface area contributed by atoms with Crippen molar-refractivity contribution >= 4 is 70.0 Å². The number of unbranched alkanes of at least 4 members (excludes halogenated alkanes) is 1. The van der Waals surface area contributed by atoms with Crippen LogP contribution in [-0.4, -0.2) is 129 Å². The fourth-order valence-corrected chi connectivity index (χ4v) is 9.25. The predicted molar refractivity (Wildman–Crippen MR) is 299 cm³/mol. The molecule has 3 heterocycles. The number of guanidine groups is 1. The summed E-state index contributed by atoms with van der Waals surface area (Å²) in [6.45, 7) is 3.24. The molecule has 7 atom stereocenters. The highest BCUT2D eigenvalue weighted by atomic mass is 16.2. The Bertz CT molecular complexity index is 2940. The van der Waals surface area contributed by atoms with Gasteiger partial charge < -0.3 is 69.7 Å². The van der Waals surface area contributed by atoms with Crippen molar-refractivity contribution in [2.75, 3.05) is 13.1 Å². The zero-order valence-electron chi connectivity index (χ0n) is 45.0. The first-order chi connectivity index (χ1) is 38.5. The SMILES string of the molecule is CCCC[C@H](NC(C)=O)C(=O)N[C@H]1CC(=O)NCCCC[C@@H](C(N)=O)NC(=O)[C@H](Cc2c[nH]c3ccccc23)NC(=O)[C@H](CCCN=C(N)N)NC(=O)[C@@H](Cc2ccc(-c3ccccc3)cc2)NC(=O)[C@H](Cc2cnc[nH]2)NC1=O. The lowest BCUT2D eigenvalue weighted by Crippen LogP contribution is -2.61. The van der Waals surface area contributed by atoms with Crippen LogP contribution in [0.25, 0.3) is 22.0 Å². The van der Waals surface area contributed by atoms with E-state index in [1.807, 2.05) is 73.7 Å². The first-order valence-corrected chi connectivity index (χ1v) is 26.8. The molecule has 0 spiro atoms. The van der Waals surface area contributed by atoms with Crippen molar-refractivity contribution in [2.45, 2.75) is 133 Å². The van der Waals surface area contributed by atoms with Gasteiger partial charge in [-0.25, -0.2) is 4.98 Å². The van der Waals surface area contributed by atoms with E-state index in [1.165, 1.54) is 19.4 Å². The summed E-state index contributed by atoms with van der Waals surface area (Å²) in [4.78, 5) is 140. The van der Waals surface area contributed by atoms with E-state index in [9.17, 15) is 43.2 Å². The standard InChI is InChI=1S/C56H73N15O9/c1-3-4-16-42(65-33(2)72)50(75)71-47-29-48(73)61-24-11-10-18-41(49(57)74)66-53(78)45(27-37-30-63-40-17-9-8-15-39(37)40)69-51(76)43(19-12-25-62-56(58)59)67-52(77)44(26-34-20-22-36(23-21-34)35-13-6-5-7-14-35)68-54(79)46(70-55(47)80)28-38-31-60-32-64-38/h5-9,13-15,17,20-23,30-32,41-47,63H,3-4,10-12,16,18-19,24-29H2,1-2H3,(H2,57,74)(H,60,64)(H,61,73)(H,65,72)(H,66,78)(H,67,77)(H,68,79)(H,69,76)(H,70,80)(H,71,75)(H4,58,59,62)/t41-,42-,43-,44+,45-,46-,47-/m0/s1. The van der Waals surface area contributed by atoms with Crippen molar-refractivity contribution in [3.05, 3.63) is 114 Å². The van der Waals surface area contributed by atoms with Crippen LogP contribution >= 0.6 is 0 Å². The third-order valence-corrected chi connectivity index (χ3v) is 13.5. The van der Waals surface area contributed by atoms with E-state index in [-0.39, 0.29) is 76.8 Å². The Balaban J connectivity index is 1.40. The number of primary amides is 1. The number of carbonyl (C=O) groups excluding carboxylic acids is 9. The number of H-pyrrole nitrogens is 2. The van der Waals surface area contributed by atoms with Crippen LogP contribution in [0.5, 0.6) is 0 Å². The van der Waals surface area contributed by atoms with E-state index in [0.29, 0.717) is 29.7 Å². The number of aromatic amines is 2. The summed E-state index contributed by atoms with van der Waals surface area (Å²) in [6.07, 6.45) is 5.61. The number of para-hydroxylation sites is 1. The number of aromatic nitrogens is 3. The zero-order chi connectivity index (χ0) is 57.6. The van der Waals surface area contributed by atoms with Gasteiger partial charge in [0.05, 0.1) is 12.7 Å². The number of rotatable bonds is 18. The Morgan fingerprint density at radius 2 is 1.35 bits per heavy atom. The molecule has 2 aromatic heterocycles. The van der Waals surface area contributed by atoms with Crippen molar-refractivity contribution in [1.29, 1.82) is 0 Å². The summed E-state index contributed by atoms with van der Waals surface area (Å²) in [5, 5.41) is 22.5. The van der Waals surface area contributed by atoms with E-state index in [1.54, 1.807) is 18.3 Å². The number of carbonyl (C=O) groups is 9. The Labute approximate surface area is 463 Å². The van der Waals surface area contributed by atoms with E-state index in [4.69, 9.17) is 17.2 Å². The average molecular weight is 1100 g/mol. The maximum atomic E-state index is 15.0. The first kappa shape index (κ1) is 60.1. The summed E-state index contributed by atoms with van der Waals surface area (Å²) in [7, 11) is 0.